The Hall–Kier alpha value is -2.67. The molecule has 7 heteroatoms. The van der Waals surface area contributed by atoms with Crippen molar-refractivity contribution in [2.75, 3.05) is 13.1 Å². The molecule has 1 aliphatic rings. The summed E-state index contributed by atoms with van der Waals surface area (Å²) in [6.45, 7) is 3.20. The van der Waals surface area contributed by atoms with Gasteiger partial charge in [-0.25, -0.2) is 4.68 Å². The standard InChI is InChI=1S/C18H21N5O2/c1-13-16(14-5-2-3-6-15(14)20-13)17(24)22-9-4-7-18(25,11-22)12-23-10-8-19-21-23/h2-3,5-6,8,10,20,25H,4,7,9,11-12H2,1H3. The molecule has 2 N–H and O–H groups in total. The Morgan fingerprint density at radius 3 is 3.04 bits per heavy atom. The first kappa shape index (κ1) is 15.8. The van der Waals surface area contributed by atoms with Gasteiger partial charge in [0, 0.05) is 29.3 Å². The van der Waals surface area contributed by atoms with E-state index in [2.05, 4.69) is 15.3 Å². The summed E-state index contributed by atoms with van der Waals surface area (Å²) in [4.78, 5) is 18.2. The number of rotatable bonds is 3. The molecule has 1 fully saturated rings. The van der Waals surface area contributed by atoms with E-state index in [1.165, 1.54) is 0 Å². The van der Waals surface area contributed by atoms with Crippen LogP contribution >= 0.6 is 0 Å². The van der Waals surface area contributed by atoms with E-state index in [1.54, 1.807) is 22.0 Å². The topological polar surface area (TPSA) is 87.0 Å². The highest BCUT2D eigenvalue weighted by molar-refractivity contribution is 6.08. The Kier molecular flexibility index (Phi) is 3.80. The van der Waals surface area contributed by atoms with Crippen molar-refractivity contribution in [3.63, 3.8) is 0 Å². The van der Waals surface area contributed by atoms with E-state index < -0.39 is 5.60 Å². The smallest absolute Gasteiger partial charge is 0.256 e. The average molecular weight is 339 g/mol. The number of aryl methyl sites for hydroxylation is 1. The molecule has 1 aromatic carbocycles. The first-order chi connectivity index (χ1) is 12.1. The number of β-amino-alcohol motifs (C(OH)–C–C–N with tert-alkyl or cyclic N) is 1. The fraction of sp³-hybridized carbons (Fsp3) is 0.389. The molecule has 1 unspecified atom stereocenters. The molecule has 2 aromatic heterocycles. The van der Waals surface area contributed by atoms with Crippen molar-refractivity contribution < 1.29 is 9.90 Å². The van der Waals surface area contributed by atoms with Crippen LogP contribution in [0.1, 0.15) is 28.9 Å². The number of aromatic nitrogens is 4. The first-order valence-corrected chi connectivity index (χ1v) is 8.49. The lowest BCUT2D eigenvalue weighted by Crippen LogP contribution is -2.52. The number of benzene rings is 1. The van der Waals surface area contributed by atoms with Crippen molar-refractivity contribution in [2.45, 2.75) is 31.9 Å². The number of hydrogen-bond donors (Lipinski definition) is 2. The first-order valence-electron chi connectivity index (χ1n) is 8.49. The molecule has 0 radical (unpaired) electrons. The Labute approximate surface area is 145 Å². The third-order valence-electron chi connectivity index (χ3n) is 4.88. The van der Waals surface area contributed by atoms with Crippen LogP contribution in [0.15, 0.2) is 36.7 Å². The maximum atomic E-state index is 13.1. The van der Waals surface area contributed by atoms with Crippen molar-refractivity contribution in [2.24, 2.45) is 0 Å². The van der Waals surface area contributed by atoms with Crippen LogP contribution in [0.5, 0.6) is 0 Å². The minimum Gasteiger partial charge on any atom is -0.386 e. The quantitative estimate of drug-likeness (QED) is 0.761. The van der Waals surface area contributed by atoms with Gasteiger partial charge < -0.3 is 15.0 Å². The molecule has 0 saturated carbocycles. The third-order valence-corrected chi connectivity index (χ3v) is 4.88. The molecule has 130 valence electrons. The van der Waals surface area contributed by atoms with Crippen molar-refractivity contribution in [3.05, 3.63) is 47.9 Å². The fourth-order valence-electron chi connectivity index (χ4n) is 3.74. The number of fused-ring (bicyclic) bond motifs is 1. The second-order valence-electron chi connectivity index (χ2n) is 6.83. The molecule has 0 spiro atoms. The van der Waals surface area contributed by atoms with Crippen LogP contribution in [0.2, 0.25) is 0 Å². The van der Waals surface area contributed by atoms with Crippen molar-refractivity contribution in [1.82, 2.24) is 24.9 Å². The van der Waals surface area contributed by atoms with Crippen LogP contribution in [0.4, 0.5) is 0 Å². The molecule has 0 aliphatic carbocycles. The van der Waals surface area contributed by atoms with E-state index >= 15 is 0 Å². The van der Waals surface area contributed by atoms with E-state index in [1.807, 2.05) is 31.2 Å². The Morgan fingerprint density at radius 1 is 1.40 bits per heavy atom. The summed E-state index contributed by atoms with van der Waals surface area (Å²) >= 11 is 0. The maximum absolute atomic E-state index is 13.1. The zero-order chi connectivity index (χ0) is 17.4. The van der Waals surface area contributed by atoms with Crippen LogP contribution in [0.25, 0.3) is 10.9 Å². The van der Waals surface area contributed by atoms with Gasteiger partial charge in [-0.2, -0.15) is 0 Å². The highest BCUT2D eigenvalue weighted by atomic mass is 16.3. The molecule has 3 heterocycles. The van der Waals surface area contributed by atoms with E-state index in [0.29, 0.717) is 31.6 Å². The molecule has 1 amide bonds. The predicted molar refractivity (Wildman–Crippen MR) is 93.1 cm³/mol. The number of aliphatic hydroxyl groups is 1. The van der Waals surface area contributed by atoms with Gasteiger partial charge >= 0.3 is 0 Å². The molecule has 1 atom stereocenters. The monoisotopic (exact) mass is 339 g/mol. The van der Waals surface area contributed by atoms with Crippen molar-refractivity contribution in [3.8, 4) is 0 Å². The molecule has 3 aromatic rings. The van der Waals surface area contributed by atoms with Gasteiger partial charge in [-0.3, -0.25) is 4.79 Å². The largest absolute Gasteiger partial charge is 0.386 e. The molecule has 1 saturated heterocycles. The number of nitrogens with zero attached hydrogens (tertiary/aromatic N) is 4. The highest BCUT2D eigenvalue weighted by Gasteiger charge is 2.37. The second-order valence-corrected chi connectivity index (χ2v) is 6.83. The number of aromatic amines is 1. The van der Waals surface area contributed by atoms with Gasteiger partial charge in [-0.05, 0) is 25.8 Å². The van der Waals surface area contributed by atoms with Gasteiger partial charge in [0.2, 0.25) is 0 Å². The summed E-state index contributed by atoms with van der Waals surface area (Å²) in [5, 5.41) is 19.6. The number of carbonyl (C=O) groups is 1. The number of likely N-dealkylation sites (tertiary alicyclic amines) is 1. The number of piperidine rings is 1. The fourth-order valence-corrected chi connectivity index (χ4v) is 3.74. The van der Waals surface area contributed by atoms with Crippen LogP contribution in [0, 0.1) is 6.92 Å². The van der Waals surface area contributed by atoms with Crippen molar-refractivity contribution >= 4 is 16.8 Å². The minimum atomic E-state index is -0.984. The van der Waals surface area contributed by atoms with Crippen LogP contribution in [0.3, 0.4) is 0 Å². The minimum absolute atomic E-state index is 0.0355. The molecular weight excluding hydrogens is 318 g/mol. The molecule has 25 heavy (non-hydrogen) atoms. The van der Waals surface area contributed by atoms with E-state index in [9.17, 15) is 9.90 Å². The normalized spacial score (nSPS) is 21.0. The summed E-state index contributed by atoms with van der Waals surface area (Å²) in [7, 11) is 0. The van der Waals surface area contributed by atoms with Gasteiger partial charge in [-0.15, -0.1) is 5.10 Å². The SMILES string of the molecule is Cc1[nH]c2ccccc2c1C(=O)N1CCCC(O)(Cn2ccnn2)C1. The summed E-state index contributed by atoms with van der Waals surface area (Å²) in [5.41, 5.74) is 1.53. The number of para-hydroxylation sites is 1. The lowest BCUT2D eigenvalue weighted by molar-refractivity contribution is -0.0387. The summed E-state index contributed by atoms with van der Waals surface area (Å²) in [6, 6.07) is 7.81. The Morgan fingerprint density at radius 2 is 2.24 bits per heavy atom. The van der Waals surface area contributed by atoms with Crippen molar-refractivity contribution in [1.29, 1.82) is 0 Å². The zero-order valence-electron chi connectivity index (χ0n) is 14.1. The molecular formula is C18H21N5O2. The van der Waals surface area contributed by atoms with Crippen LogP contribution < -0.4 is 0 Å². The van der Waals surface area contributed by atoms with E-state index in [4.69, 9.17) is 0 Å². The number of amides is 1. The summed E-state index contributed by atoms with van der Waals surface area (Å²) < 4.78 is 1.62. The van der Waals surface area contributed by atoms with Gasteiger partial charge in [0.05, 0.1) is 24.8 Å². The summed E-state index contributed by atoms with van der Waals surface area (Å²) in [6.07, 6.45) is 4.72. The Bertz CT molecular complexity index is 901. The van der Waals surface area contributed by atoms with Gasteiger partial charge in [0.25, 0.3) is 5.91 Å². The number of nitrogens with one attached hydrogen (secondary N) is 1. The molecule has 1 aliphatic heterocycles. The second kappa shape index (κ2) is 6.00. The number of H-pyrrole nitrogens is 1. The third kappa shape index (κ3) is 2.91. The summed E-state index contributed by atoms with van der Waals surface area (Å²) in [5.74, 6) is -0.0355. The number of carbonyl (C=O) groups excluding carboxylic acids is 1. The Balaban J connectivity index is 1.60. The zero-order valence-corrected chi connectivity index (χ0v) is 14.1. The van der Waals surface area contributed by atoms with E-state index in [0.717, 1.165) is 23.0 Å². The molecule has 0 bridgehead atoms. The number of hydrogen-bond acceptors (Lipinski definition) is 4. The predicted octanol–water partition coefficient (Wildman–Crippen LogP) is 1.74. The molecule has 7 nitrogen and oxygen atoms in total. The van der Waals surface area contributed by atoms with Gasteiger partial charge in [-0.1, -0.05) is 23.4 Å². The maximum Gasteiger partial charge on any atom is 0.256 e. The van der Waals surface area contributed by atoms with Gasteiger partial charge in [0.15, 0.2) is 0 Å². The van der Waals surface area contributed by atoms with Crippen LogP contribution in [-0.4, -0.2) is 54.6 Å². The van der Waals surface area contributed by atoms with Crippen LogP contribution in [-0.2, 0) is 6.54 Å². The highest BCUT2D eigenvalue weighted by Crippen LogP contribution is 2.28. The molecule has 4 rings (SSSR count). The van der Waals surface area contributed by atoms with Gasteiger partial charge in [0.1, 0.15) is 5.60 Å². The lowest BCUT2D eigenvalue weighted by Gasteiger charge is -2.39. The average Bonchev–Trinajstić information content (AvgIpc) is 3.20. The lowest BCUT2D eigenvalue weighted by atomic mass is 9.92. The van der Waals surface area contributed by atoms with E-state index in [-0.39, 0.29) is 5.91 Å².